The van der Waals surface area contributed by atoms with Crippen LogP contribution in [0.25, 0.3) is 11.4 Å². The van der Waals surface area contributed by atoms with Gasteiger partial charge in [-0.25, -0.2) is 0 Å². The monoisotopic (exact) mass is 484 g/mol. The molecule has 0 spiro atoms. The average molecular weight is 485 g/mol. The molecule has 1 amide bonds. The Morgan fingerprint density at radius 1 is 1.23 bits per heavy atom. The van der Waals surface area contributed by atoms with Gasteiger partial charge in [-0.3, -0.25) is 9.69 Å². The summed E-state index contributed by atoms with van der Waals surface area (Å²) in [5.41, 5.74) is 1.69. The average Bonchev–Trinajstić information content (AvgIpc) is 3.24. The summed E-state index contributed by atoms with van der Waals surface area (Å²) in [6.07, 6.45) is 1.59. The lowest BCUT2D eigenvalue weighted by atomic mass is 9.96. The standard InChI is InChI=1S/C23H25BrN4O3/c1-2-30-20-5-3-4-19(14-20)25-23(29)17-10-12-28(13-11-17)15-21-26-22(27-31-21)16-6-8-18(24)9-7-16/h3-9,14,17H,2,10-13,15H2,1H3,(H,25,29). The molecule has 162 valence electrons. The van der Waals surface area contributed by atoms with Gasteiger partial charge in [-0.2, -0.15) is 4.98 Å². The van der Waals surface area contributed by atoms with E-state index in [2.05, 4.69) is 36.3 Å². The number of hydrogen-bond acceptors (Lipinski definition) is 6. The van der Waals surface area contributed by atoms with Crippen molar-refractivity contribution in [2.24, 2.45) is 5.92 Å². The SMILES string of the molecule is CCOc1cccc(NC(=O)C2CCN(Cc3nc(-c4ccc(Br)cc4)no3)CC2)c1. The highest BCUT2D eigenvalue weighted by Crippen LogP contribution is 2.24. The molecule has 0 atom stereocenters. The molecule has 2 heterocycles. The highest BCUT2D eigenvalue weighted by Gasteiger charge is 2.26. The molecule has 8 heteroatoms. The molecule has 1 aliphatic heterocycles. The number of piperidine rings is 1. The van der Waals surface area contributed by atoms with Gasteiger partial charge in [-0.15, -0.1) is 0 Å². The molecule has 1 aliphatic rings. The second-order valence-electron chi connectivity index (χ2n) is 7.52. The minimum absolute atomic E-state index is 0.00647. The third-order valence-corrected chi connectivity index (χ3v) is 5.83. The minimum Gasteiger partial charge on any atom is -0.494 e. The fourth-order valence-corrected chi connectivity index (χ4v) is 3.92. The number of nitrogens with one attached hydrogen (secondary N) is 1. The van der Waals surface area contributed by atoms with Gasteiger partial charge in [-0.05, 0) is 69.3 Å². The van der Waals surface area contributed by atoms with Crippen molar-refractivity contribution in [2.45, 2.75) is 26.3 Å². The largest absolute Gasteiger partial charge is 0.494 e. The van der Waals surface area contributed by atoms with Crippen LogP contribution in [0.15, 0.2) is 57.5 Å². The number of hydrogen-bond donors (Lipinski definition) is 1. The van der Waals surface area contributed by atoms with Crippen molar-refractivity contribution in [3.8, 4) is 17.1 Å². The minimum atomic E-state index is -0.00647. The molecule has 0 aliphatic carbocycles. The molecule has 0 bridgehead atoms. The van der Waals surface area contributed by atoms with Crippen LogP contribution in [0.4, 0.5) is 5.69 Å². The molecule has 4 rings (SSSR count). The van der Waals surface area contributed by atoms with Crippen LogP contribution in [0, 0.1) is 5.92 Å². The van der Waals surface area contributed by atoms with Crippen LogP contribution in [-0.2, 0) is 11.3 Å². The summed E-state index contributed by atoms with van der Waals surface area (Å²) in [6, 6.07) is 15.3. The molecule has 7 nitrogen and oxygen atoms in total. The van der Waals surface area contributed by atoms with Gasteiger partial charge in [0.1, 0.15) is 5.75 Å². The Labute approximate surface area is 189 Å². The Bertz CT molecular complexity index is 1010. The first-order valence-electron chi connectivity index (χ1n) is 10.5. The van der Waals surface area contributed by atoms with Gasteiger partial charge in [0.15, 0.2) is 0 Å². The summed E-state index contributed by atoms with van der Waals surface area (Å²) in [4.78, 5) is 19.4. The van der Waals surface area contributed by atoms with E-state index in [9.17, 15) is 4.79 Å². The van der Waals surface area contributed by atoms with Crippen molar-refractivity contribution in [3.63, 3.8) is 0 Å². The number of ether oxygens (including phenoxy) is 1. The maximum atomic E-state index is 12.7. The Morgan fingerprint density at radius 2 is 2.00 bits per heavy atom. The molecule has 31 heavy (non-hydrogen) atoms. The number of anilines is 1. The second-order valence-corrected chi connectivity index (χ2v) is 8.43. The number of amides is 1. The number of halogens is 1. The third-order valence-electron chi connectivity index (χ3n) is 5.30. The predicted octanol–water partition coefficient (Wildman–Crippen LogP) is 4.75. The summed E-state index contributed by atoms with van der Waals surface area (Å²) < 4.78 is 11.9. The van der Waals surface area contributed by atoms with Crippen molar-refractivity contribution in [3.05, 3.63) is 58.9 Å². The van der Waals surface area contributed by atoms with Crippen LogP contribution >= 0.6 is 15.9 Å². The molecule has 0 saturated carbocycles. The molecule has 0 unspecified atom stereocenters. The van der Waals surface area contributed by atoms with Crippen molar-refractivity contribution >= 4 is 27.5 Å². The van der Waals surface area contributed by atoms with E-state index < -0.39 is 0 Å². The van der Waals surface area contributed by atoms with Gasteiger partial charge < -0.3 is 14.6 Å². The smallest absolute Gasteiger partial charge is 0.241 e. The maximum absolute atomic E-state index is 12.7. The van der Waals surface area contributed by atoms with Crippen LogP contribution in [0.3, 0.4) is 0 Å². The van der Waals surface area contributed by atoms with E-state index in [1.165, 1.54) is 0 Å². The Morgan fingerprint density at radius 3 is 2.74 bits per heavy atom. The molecule has 1 aromatic heterocycles. The zero-order chi connectivity index (χ0) is 21.6. The quantitative estimate of drug-likeness (QED) is 0.521. The molecule has 1 fully saturated rings. The Hall–Kier alpha value is -2.71. The van der Waals surface area contributed by atoms with E-state index in [-0.39, 0.29) is 11.8 Å². The third kappa shape index (κ3) is 5.71. The number of benzene rings is 2. The number of nitrogens with zero attached hydrogens (tertiary/aromatic N) is 3. The van der Waals surface area contributed by atoms with E-state index >= 15 is 0 Å². The van der Waals surface area contributed by atoms with Crippen LogP contribution in [0.5, 0.6) is 5.75 Å². The van der Waals surface area contributed by atoms with Gasteiger partial charge >= 0.3 is 0 Å². The molecular weight excluding hydrogens is 460 g/mol. The molecule has 2 aromatic carbocycles. The second kappa shape index (κ2) is 10.1. The van der Waals surface area contributed by atoms with E-state index in [0.717, 1.165) is 47.4 Å². The van der Waals surface area contributed by atoms with Gasteiger partial charge in [-0.1, -0.05) is 27.2 Å². The highest BCUT2D eigenvalue weighted by atomic mass is 79.9. The van der Waals surface area contributed by atoms with Gasteiger partial charge in [0.05, 0.1) is 13.2 Å². The summed E-state index contributed by atoms with van der Waals surface area (Å²) >= 11 is 3.43. The fourth-order valence-electron chi connectivity index (χ4n) is 3.65. The molecule has 1 saturated heterocycles. The normalized spacial score (nSPS) is 15.0. The highest BCUT2D eigenvalue weighted by molar-refractivity contribution is 9.10. The van der Waals surface area contributed by atoms with Crippen molar-refractivity contribution in [1.82, 2.24) is 15.0 Å². The van der Waals surface area contributed by atoms with Gasteiger partial charge in [0, 0.05) is 27.7 Å². The van der Waals surface area contributed by atoms with Crippen molar-refractivity contribution in [1.29, 1.82) is 0 Å². The van der Waals surface area contributed by atoms with E-state index in [4.69, 9.17) is 9.26 Å². The van der Waals surface area contributed by atoms with E-state index in [1.807, 2.05) is 55.5 Å². The molecular formula is C23H25BrN4O3. The fraction of sp³-hybridized carbons (Fsp3) is 0.348. The van der Waals surface area contributed by atoms with E-state index in [0.29, 0.717) is 24.9 Å². The lowest BCUT2D eigenvalue weighted by molar-refractivity contribution is -0.121. The Balaban J connectivity index is 1.27. The van der Waals surface area contributed by atoms with E-state index in [1.54, 1.807) is 0 Å². The number of carbonyl (C=O) groups is 1. The van der Waals surface area contributed by atoms with Gasteiger partial charge in [0.2, 0.25) is 17.6 Å². The molecule has 0 radical (unpaired) electrons. The number of rotatable bonds is 7. The number of carbonyl (C=O) groups excluding carboxylic acids is 1. The first kappa shape index (κ1) is 21.5. The van der Waals surface area contributed by atoms with Crippen LogP contribution < -0.4 is 10.1 Å². The zero-order valence-corrected chi connectivity index (χ0v) is 19.0. The topological polar surface area (TPSA) is 80.5 Å². The summed E-state index contributed by atoms with van der Waals surface area (Å²) in [5.74, 6) is 1.99. The number of aromatic nitrogens is 2. The van der Waals surface area contributed by atoms with Gasteiger partial charge in [0.25, 0.3) is 0 Å². The molecule has 3 aromatic rings. The van der Waals surface area contributed by atoms with Crippen LogP contribution in [0.2, 0.25) is 0 Å². The summed E-state index contributed by atoms with van der Waals surface area (Å²) in [5, 5.41) is 7.11. The first-order valence-corrected chi connectivity index (χ1v) is 11.2. The Kier molecular flexibility index (Phi) is 6.99. The maximum Gasteiger partial charge on any atom is 0.241 e. The summed E-state index contributed by atoms with van der Waals surface area (Å²) in [6.45, 7) is 4.75. The zero-order valence-electron chi connectivity index (χ0n) is 17.4. The van der Waals surface area contributed by atoms with Crippen molar-refractivity contribution in [2.75, 3.05) is 25.0 Å². The predicted molar refractivity (Wildman–Crippen MR) is 122 cm³/mol. The first-order chi connectivity index (χ1) is 15.1. The van der Waals surface area contributed by atoms with Crippen molar-refractivity contribution < 1.29 is 14.1 Å². The van der Waals surface area contributed by atoms with Crippen LogP contribution in [-0.4, -0.2) is 40.6 Å². The lowest BCUT2D eigenvalue weighted by Crippen LogP contribution is -2.37. The summed E-state index contributed by atoms with van der Waals surface area (Å²) in [7, 11) is 0. The lowest BCUT2D eigenvalue weighted by Gasteiger charge is -2.30. The molecule has 1 N–H and O–H groups in total. The number of likely N-dealkylation sites (tertiary alicyclic amines) is 1. The van der Waals surface area contributed by atoms with Crippen LogP contribution in [0.1, 0.15) is 25.7 Å².